The zero-order valence-corrected chi connectivity index (χ0v) is 15.2. The molecule has 136 valence electrons. The molecule has 6 heteroatoms. The summed E-state index contributed by atoms with van der Waals surface area (Å²) in [6.07, 6.45) is 4.07. The van der Waals surface area contributed by atoms with Gasteiger partial charge in [0, 0.05) is 24.1 Å². The molecule has 0 aliphatic carbocycles. The van der Waals surface area contributed by atoms with Gasteiger partial charge in [-0.2, -0.15) is 0 Å². The summed E-state index contributed by atoms with van der Waals surface area (Å²) in [6.45, 7) is 2.14. The summed E-state index contributed by atoms with van der Waals surface area (Å²) in [6, 6.07) is 15.8. The van der Waals surface area contributed by atoms with Crippen LogP contribution in [-0.4, -0.2) is 29.0 Å². The van der Waals surface area contributed by atoms with Crippen LogP contribution in [0.25, 0.3) is 0 Å². The number of hydrogen-bond donors (Lipinski definition) is 1. The second-order valence-corrected chi connectivity index (χ2v) is 6.48. The molecular weight excluding hydrogens is 340 g/mol. The van der Waals surface area contributed by atoms with E-state index in [4.69, 9.17) is 4.74 Å². The van der Waals surface area contributed by atoms with Gasteiger partial charge in [0.1, 0.15) is 5.75 Å². The van der Waals surface area contributed by atoms with Crippen LogP contribution in [0.15, 0.2) is 60.9 Å². The van der Waals surface area contributed by atoms with E-state index in [1.807, 2.05) is 24.3 Å². The Kier molecular flexibility index (Phi) is 4.46. The summed E-state index contributed by atoms with van der Waals surface area (Å²) in [5.74, 6) is 0.924. The van der Waals surface area contributed by atoms with Gasteiger partial charge in [-0.3, -0.25) is 4.79 Å². The Morgan fingerprint density at radius 2 is 1.81 bits per heavy atom. The van der Waals surface area contributed by atoms with Crippen LogP contribution in [0, 0.1) is 0 Å². The van der Waals surface area contributed by atoms with Crippen LogP contribution in [-0.2, 0) is 6.42 Å². The van der Waals surface area contributed by atoms with Gasteiger partial charge in [-0.1, -0.05) is 30.3 Å². The third-order valence-corrected chi connectivity index (χ3v) is 4.68. The number of nitrogens with zero attached hydrogens (tertiary/aromatic N) is 3. The largest absolute Gasteiger partial charge is 0.495 e. The van der Waals surface area contributed by atoms with Crippen molar-refractivity contribution < 1.29 is 9.53 Å². The number of fused-ring (bicyclic) bond motifs is 1. The summed E-state index contributed by atoms with van der Waals surface area (Å²) < 4.78 is 5.26. The van der Waals surface area contributed by atoms with Crippen LogP contribution < -0.4 is 15.0 Å². The molecular formula is C21H20N4O2. The fraction of sp³-hybridized carbons (Fsp3) is 0.190. The monoisotopic (exact) mass is 360 g/mol. The molecule has 1 aliphatic rings. The summed E-state index contributed by atoms with van der Waals surface area (Å²) in [7, 11) is 1.57. The van der Waals surface area contributed by atoms with Crippen LogP contribution in [0.2, 0.25) is 0 Å². The Morgan fingerprint density at radius 1 is 1.11 bits per heavy atom. The highest BCUT2D eigenvalue weighted by atomic mass is 16.5. The Morgan fingerprint density at radius 3 is 2.59 bits per heavy atom. The average Bonchev–Trinajstić information content (AvgIpc) is 3.04. The number of aromatic nitrogens is 2. The second-order valence-electron chi connectivity index (χ2n) is 6.48. The van der Waals surface area contributed by atoms with Gasteiger partial charge < -0.3 is 15.0 Å². The molecule has 1 amide bonds. The predicted octanol–water partition coefficient (Wildman–Crippen LogP) is 3.82. The molecule has 1 aliphatic heterocycles. The topological polar surface area (TPSA) is 67.3 Å². The first-order valence-electron chi connectivity index (χ1n) is 8.81. The van der Waals surface area contributed by atoms with E-state index in [0.29, 0.717) is 22.9 Å². The third kappa shape index (κ3) is 3.21. The number of benzene rings is 2. The molecule has 6 nitrogen and oxygen atoms in total. The van der Waals surface area contributed by atoms with E-state index in [9.17, 15) is 4.79 Å². The number of amides is 1. The number of carbonyl (C=O) groups is 1. The van der Waals surface area contributed by atoms with Crippen LogP contribution in [0.4, 0.5) is 17.3 Å². The Balaban J connectivity index is 1.55. The van der Waals surface area contributed by atoms with Gasteiger partial charge in [0.05, 0.1) is 18.4 Å². The smallest absolute Gasteiger partial charge is 0.258 e. The van der Waals surface area contributed by atoms with Crippen molar-refractivity contribution in [2.24, 2.45) is 0 Å². The van der Waals surface area contributed by atoms with Crippen molar-refractivity contribution in [3.63, 3.8) is 0 Å². The molecule has 1 aromatic heterocycles. The minimum Gasteiger partial charge on any atom is -0.495 e. The average molecular weight is 360 g/mol. The number of anilines is 3. The Bertz CT molecular complexity index is 972. The van der Waals surface area contributed by atoms with E-state index in [2.05, 4.69) is 39.2 Å². The van der Waals surface area contributed by atoms with Gasteiger partial charge in [0.25, 0.3) is 5.91 Å². The molecule has 1 atom stereocenters. The molecule has 0 spiro atoms. The maximum absolute atomic E-state index is 12.5. The number of hydrogen-bond acceptors (Lipinski definition) is 5. The number of methoxy groups -OCH3 is 1. The van der Waals surface area contributed by atoms with Crippen molar-refractivity contribution in [1.29, 1.82) is 0 Å². The number of ether oxygens (including phenoxy) is 1. The van der Waals surface area contributed by atoms with Crippen molar-refractivity contribution in [3.05, 3.63) is 72.1 Å². The molecule has 0 bridgehead atoms. The standard InChI is InChI=1S/C21H20N4O2/c1-14-11-15-7-3-5-9-18(15)25(14)21-22-12-16(13-23-21)20(26)24-17-8-4-6-10-19(17)27-2/h3-10,12-14H,11H2,1-2H3,(H,24,26). The van der Waals surface area contributed by atoms with E-state index in [0.717, 1.165) is 12.1 Å². The molecule has 0 saturated heterocycles. The normalized spacial score (nSPS) is 15.3. The molecule has 0 fully saturated rings. The molecule has 1 N–H and O–H groups in total. The minimum atomic E-state index is -0.277. The molecule has 27 heavy (non-hydrogen) atoms. The van der Waals surface area contributed by atoms with Crippen molar-refractivity contribution in [1.82, 2.24) is 9.97 Å². The zero-order chi connectivity index (χ0) is 18.8. The van der Waals surface area contributed by atoms with Crippen LogP contribution in [0.1, 0.15) is 22.8 Å². The number of carbonyl (C=O) groups excluding carboxylic acids is 1. The summed E-state index contributed by atoms with van der Waals surface area (Å²) in [5, 5.41) is 2.83. The second kappa shape index (κ2) is 7.07. The predicted molar refractivity (Wildman–Crippen MR) is 105 cm³/mol. The highest BCUT2D eigenvalue weighted by Crippen LogP contribution is 2.36. The molecule has 2 heterocycles. The van der Waals surface area contributed by atoms with E-state index >= 15 is 0 Å². The molecule has 0 saturated carbocycles. The molecule has 3 aromatic rings. The maximum Gasteiger partial charge on any atom is 0.258 e. The van der Waals surface area contributed by atoms with Gasteiger partial charge in [-0.25, -0.2) is 9.97 Å². The summed E-state index contributed by atoms with van der Waals surface area (Å²) in [4.78, 5) is 23.5. The van der Waals surface area contributed by atoms with Gasteiger partial charge >= 0.3 is 0 Å². The lowest BCUT2D eigenvalue weighted by Gasteiger charge is -2.22. The van der Waals surface area contributed by atoms with Crippen LogP contribution >= 0.6 is 0 Å². The highest BCUT2D eigenvalue weighted by Gasteiger charge is 2.28. The molecule has 0 radical (unpaired) electrons. The van der Waals surface area contributed by atoms with E-state index in [1.165, 1.54) is 5.56 Å². The van der Waals surface area contributed by atoms with Crippen LogP contribution in [0.5, 0.6) is 5.75 Å². The first kappa shape index (κ1) is 17.0. The van der Waals surface area contributed by atoms with E-state index < -0.39 is 0 Å². The Hall–Kier alpha value is -3.41. The van der Waals surface area contributed by atoms with Crippen molar-refractivity contribution in [3.8, 4) is 5.75 Å². The number of rotatable bonds is 4. The Labute approximate surface area is 157 Å². The fourth-order valence-corrected chi connectivity index (χ4v) is 3.38. The summed E-state index contributed by atoms with van der Waals surface area (Å²) >= 11 is 0. The number of nitrogens with one attached hydrogen (secondary N) is 1. The zero-order valence-electron chi connectivity index (χ0n) is 15.2. The fourth-order valence-electron chi connectivity index (χ4n) is 3.38. The lowest BCUT2D eigenvalue weighted by Crippen LogP contribution is -2.26. The van der Waals surface area contributed by atoms with Crippen molar-refractivity contribution >= 4 is 23.2 Å². The van der Waals surface area contributed by atoms with E-state index in [-0.39, 0.29) is 11.9 Å². The minimum absolute atomic E-state index is 0.274. The van der Waals surface area contributed by atoms with Crippen molar-refractivity contribution in [2.45, 2.75) is 19.4 Å². The SMILES string of the molecule is COc1ccccc1NC(=O)c1cnc(N2c3ccccc3CC2C)nc1. The lowest BCUT2D eigenvalue weighted by molar-refractivity contribution is 0.102. The van der Waals surface area contributed by atoms with Gasteiger partial charge in [0.15, 0.2) is 0 Å². The molecule has 2 aromatic carbocycles. The van der Waals surface area contributed by atoms with Gasteiger partial charge in [-0.05, 0) is 37.1 Å². The number of para-hydroxylation sites is 3. The van der Waals surface area contributed by atoms with Gasteiger partial charge in [0.2, 0.25) is 5.95 Å². The lowest BCUT2D eigenvalue weighted by atomic mass is 10.1. The summed E-state index contributed by atoms with van der Waals surface area (Å²) in [5.41, 5.74) is 3.41. The first-order valence-corrected chi connectivity index (χ1v) is 8.81. The third-order valence-electron chi connectivity index (χ3n) is 4.68. The highest BCUT2D eigenvalue weighted by molar-refractivity contribution is 6.04. The van der Waals surface area contributed by atoms with Crippen molar-refractivity contribution in [2.75, 3.05) is 17.3 Å². The van der Waals surface area contributed by atoms with E-state index in [1.54, 1.807) is 31.6 Å². The van der Waals surface area contributed by atoms with Gasteiger partial charge in [-0.15, -0.1) is 0 Å². The molecule has 4 rings (SSSR count). The maximum atomic E-state index is 12.5. The van der Waals surface area contributed by atoms with Crippen LogP contribution in [0.3, 0.4) is 0 Å². The first-order chi connectivity index (χ1) is 13.2. The quantitative estimate of drug-likeness (QED) is 0.766. The molecule has 1 unspecified atom stereocenters.